The summed E-state index contributed by atoms with van der Waals surface area (Å²) in [5, 5.41) is 10.6. The summed E-state index contributed by atoms with van der Waals surface area (Å²) in [7, 11) is 0. The molecule has 0 saturated carbocycles. The van der Waals surface area contributed by atoms with Crippen LogP contribution in [-0.4, -0.2) is 20.9 Å². The summed E-state index contributed by atoms with van der Waals surface area (Å²) in [4.78, 5) is 11.8. The van der Waals surface area contributed by atoms with E-state index in [1.165, 1.54) is 4.68 Å². The standard InChI is InChI=1S/C13H17N5O/c1-13(2,14)11-8-18(17-16-11)9-12(19)15-10-6-4-3-5-7-10/h3-8H,9,14H2,1-2H3,(H,15,19). The third-order valence-electron chi connectivity index (χ3n) is 2.56. The van der Waals surface area contributed by atoms with E-state index < -0.39 is 5.54 Å². The normalized spacial score (nSPS) is 11.3. The molecule has 3 N–H and O–H groups in total. The second-order valence-corrected chi connectivity index (χ2v) is 4.94. The van der Waals surface area contributed by atoms with Gasteiger partial charge in [-0.05, 0) is 26.0 Å². The summed E-state index contributed by atoms with van der Waals surface area (Å²) in [5.41, 5.74) is 6.76. The number of nitrogens with zero attached hydrogens (tertiary/aromatic N) is 3. The van der Waals surface area contributed by atoms with Gasteiger partial charge in [0.05, 0.1) is 11.7 Å². The predicted octanol–water partition coefficient (Wildman–Crippen LogP) is 1.11. The molecule has 0 fully saturated rings. The average Bonchev–Trinajstić information content (AvgIpc) is 2.78. The number of carbonyl (C=O) groups is 1. The van der Waals surface area contributed by atoms with Crippen molar-refractivity contribution >= 4 is 11.6 Å². The number of hydrogen-bond donors (Lipinski definition) is 2. The van der Waals surface area contributed by atoms with Gasteiger partial charge in [-0.15, -0.1) is 5.10 Å². The molecule has 6 nitrogen and oxygen atoms in total. The van der Waals surface area contributed by atoms with Crippen molar-refractivity contribution in [2.24, 2.45) is 5.73 Å². The molecule has 1 heterocycles. The third kappa shape index (κ3) is 3.62. The highest BCUT2D eigenvalue weighted by Gasteiger charge is 2.18. The number of benzene rings is 1. The van der Waals surface area contributed by atoms with Crippen LogP contribution in [0.4, 0.5) is 5.69 Å². The molecule has 1 amide bonds. The minimum absolute atomic E-state index is 0.109. The minimum atomic E-state index is -0.561. The Bertz CT molecular complexity index is 556. The molecule has 0 atom stereocenters. The molecule has 0 bridgehead atoms. The topological polar surface area (TPSA) is 85.8 Å². The van der Waals surface area contributed by atoms with Crippen LogP contribution in [-0.2, 0) is 16.9 Å². The Kier molecular flexibility index (Phi) is 3.62. The van der Waals surface area contributed by atoms with Crippen molar-refractivity contribution in [1.29, 1.82) is 0 Å². The molecule has 19 heavy (non-hydrogen) atoms. The number of hydrogen-bond acceptors (Lipinski definition) is 4. The fourth-order valence-electron chi connectivity index (χ4n) is 1.54. The predicted molar refractivity (Wildman–Crippen MR) is 72.3 cm³/mol. The number of rotatable bonds is 4. The van der Waals surface area contributed by atoms with Crippen LogP contribution in [0.2, 0.25) is 0 Å². The van der Waals surface area contributed by atoms with Gasteiger partial charge < -0.3 is 11.1 Å². The van der Waals surface area contributed by atoms with Crippen LogP contribution in [0.1, 0.15) is 19.5 Å². The fourth-order valence-corrected chi connectivity index (χ4v) is 1.54. The van der Waals surface area contributed by atoms with E-state index in [9.17, 15) is 4.79 Å². The van der Waals surface area contributed by atoms with E-state index >= 15 is 0 Å². The molecule has 0 aliphatic heterocycles. The van der Waals surface area contributed by atoms with Gasteiger partial charge in [0.1, 0.15) is 12.2 Å². The second kappa shape index (κ2) is 5.19. The number of nitrogens with one attached hydrogen (secondary N) is 1. The van der Waals surface area contributed by atoms with Gasteiger partial charge in [0, 0.05) is 5.69 Å². The lowest BCUT2D eigenvalue weighted by molar-refractivity contribution is -0.116. The molecule has 0 unspecified atom stereocenters. The average molecular weight is 259 g/mol. The summed E-state index contributed by atoms with van der Waals surface area (Å²) in [5.74, 6) is -0.155. The summed E-state index contributed by atoms with van der Waals surface area (Å²) in [6.45, 7) is 3.79. The van der Waals surface area contributed by atoms with Crippen LogP contribution in [0.3, 0.4) is 0 Å². The first-order valence-corrected chi connectivity index (χ1v) is 5.99. The molecule has 0 radical (unpaired) electrons. The highest BCUT2D eigenvalue weighted by atomic mass is 16.2. The SMILES string of the molecule is CC(C)(N)c1cn(CC(=O)Nc2ccccc2)nn1. The lowest BCUT2D eigenvalue weighted by atomic mass is 10.0. The van der Waals surface area contributed by atoms with Crippen molar-refractivity contribution in [3.63, 3.8) is 0 Å². The van der Waals surface area contributed by atoms with Crippen LogP contribution in [0.25, 0.3) is 0 Å². The van der Waals surface area contributed by atoms with Gasteiger partial charge >= 0.3 is 0 Å². The molecule has 1 aromatic carbocycles. The van der Waals surface area contributed by atoms with Crippen molar-refractivity contribution in [3.8, 4) is 0 Å². The van der Waals surface area contributed by atoms with E-state index in [4.69, 9.17) is 5.73 Å². The van der Waals surface area contributed by atoms with E-state index in [-0.39, 0.29) is 12.5 Å². The molecule has 6 heteroatoms. The Morgan fingerprint density at radius 1 is 1.37 bits per heavy atom. The molecule has 0 aliphatic carbocycles. The zero-order chi connectivity index (χ0) is 13.9. The molecule has 2 aromatic rings. The number of anilines is 1. The van der Waals surface area contributed by atoms with Crippen LogP contribution in [0.15, 0.2) is 36.5 Å². The van der Waals surface area contributed by atoms with Crippen molar-refractivity contribution in [2.45, 2.75) is 25.9 Å². The zero-order valence-electron chi connectivity index (χ0n) is 11.0. The second-order valence-electron chi connectivity index (χ2n) is 4.94. The summed E-state index contributed by atoms with van der Waals surface area (Å²) < 4.78 is 1.47. The molecule has 100 valence electrons. The van der Waals surface area contributed by atoms with Gasteiger partial charge in [-0.25, -0.2) is 4.68 Å². The lowest BCUT2D eigenvalue weighted by Crippen LogP contribution is -2.29. The molecule has 0 spiro atoms. The van der Waals surface area contributed by atoms with Crippen molar-refractivity contribution in [2.75, 3.05) is 5.32 Å². The molecule has 0 saturated heterocycles. The summed E-state index contributed by atoms with van der Waals surface area (Å²) >= 11 is 0. The first-order valence-electron chi connectivity index (χ1n) is 5.99. The van der Waals surface area contributed by atoms with Gasteiger partial charge in [-0.3, -0.25) is 4.79 Å². The van der Waals surface area contributed by atoms with E-state index in [1.807, 2.05) is 44.2 Å². The Morgan fingerprint density at radius 2 is 2.05 bits per heavy atom. The Labute approximate surface area is 111 Å². The Morgan fingerprint density at radius 3 is 2.63 bits per heavy atom. The number of carbonyl (C=O) groups excluding carboxylic acids is 1. The Balaban J connectivity index is 1.98. The smallest absolute Gasteiger partial charge is 0.246 e. The van der Waals surface area contributed by atoms with Crippen LogP contribution in [0, 0.1) is 0 Å². The molecule has 2 rings (SSSR count). The third-order valence-corrected chi connectivity index (χ3v) is 2.56. The van der Waals surface area contributed by atoms with Gasteiger partial charge in [0.2, 0.25) is 5.91 Å². The van der Waals surface area contributed by atoms with Gasteiger partial charge in [0.15, 0.2) is 0 Å². The summed E-state index contributed by atoms with van der Waals surface area (Å²) in [6, 6.07) is 9.27. The van der Waals surface area contributed by atoms with Crippen LogP contribution >= 0.6 is 0 Å². The highest BCUT2D eigenvalue weighted by Crippen LogP contribution is 2.12. The van der Waals surface area contributed by atoms with Gasteiger partial charge in [-0.1, -0.05) is 23.4 Å². The van der Waals surface area contributed by atoms with E-state index in [0.29, 0.717) is 5.69 Å². The van der Waals surface area contributed by atoms with Crippen LogP contribution < -0.4 is 11.1 Å². The highest BCUT2D eigenvalue weighted by molar-refractivity contribution is 5.90. The maximum absolute atomic E-state index is 11.8. The molecular formula is C13H17N5O. The number of aromatic nitrogens is 3. The quantitative estimate of drug-likeness (QED) is 0.861. The maximum Gasteiger partial charge on any atom is 0.246 e. The van der Waals surface area contributed by atoms with E-state index in [1.54, 1.807) is 6.20 Å². The monoisotopic (exact) mass is 259 g/mol. The van der Waals surface area contributed by atoms with Crippen molar-refractivity contribution in [1.82, 2.24) is 15.0 Å². The van der Waals surface area contributed by atoms with E-state index in [0.717, 1.165) is 5.69 Å². The minimum Gasteiger partial charge on any atom is -0.324 e. The number of nitrogens with two attached hydrogens (primary N) is 1. The first-order chi connectivity index (χ1) is 8.95. The number of amides is 1. The summed E-state index contributed by atoms with van der Waals surface area (Å²) in [6.07, 6.45) is 1.69. The van der Waals surface area contributed by atoms with Gasteiger partial charge in [0.25, 0.3) is 0 Å². The fraction of sp³-hybridized carbons (Fsp3) is 0.308. The van der Waals surface area contributed by atoms with Crippen molar-refractivity contribution in [3.05, 3.63) is 42.2 Å². The van der Waals surface area contributed by atoms with Gasteiger partial charge in [-0.2, -0.15) is 0 Å². The maximum atomic E-state index is 11.8. The molecule has 1 aromatic heterocycles. The van der Waals surface area contributed by atoms with Crippen molar-refractivity contribution < 1.29 is 4.79 Å². The van der Waals surface area contributed by atoms with Crippen LogP contribution in [0.5, 0.6) is 0 Å². The first kappa shape index (κ1) is 13.2. The zero-order valence-corrected chi connectivity index (χ0v) is 11.0. The molecular weight excluding hydrogens is 242 g/mol. The largest absolute Gasteiger partial charge is 0.324 e. The van der Waals surface area contributed by atoms with E-state index in [2.05, 4.69) is 15.6 Å². The lowest BCUT2D eigenvalue weighted by Gasteiger charge is -2.13. The Hall–Kier alpha value is -2.21. The molecule has 0 aliphatic rings. The number of para-hydroxylation sites is 1.